The lowest BCUT2D eigenvalue weighted by Gasteiger charge is -2.30. The number of aliphatic hydroxyl groups is 1. The third-order valence-electron chi connectivity index (χ3n) is 3.94. The van der Waals surface area contributed by atoms with Gasteiger partial charge in [-0.2, -0.15) is 0 Å². The zero-order chi connectivity index (χ0) is 20.9. The van der Waals surface area contributed by atoms with Crippen molar-refractivity contribution < 1.29 is 34.3 Å². The Hall–Kier alpha value is -2.22. The largest absolute Gasteiger partial charge is 0.481 e. The number of nitrogens with zero attached hydrogens (tertiary/aromatic N) is 2. The maximum absolute atomic E-state index is 12.7. The van der Waals surface area contributed by atoms with Crippen molar-refractivity contribution >= 4 is 41.2 Å². The molecule has 28 heavy (non-hydrogen) atoms. The van der Waals surface area contributed by atoms with Gasteiger partial charge in [-0.1, -0.05) is 5.16 Å². The zero-order valence-corrected chi connectivity index (χ0v) is 16.3. The minimum Gasteiger partial charge on any atom is -0.481 e. The first-order valence-corrected chi connectivity index (χ1v) is 9.44. The average Bonchev–Trinajstić information content (AvgIpc) is 3.03. The number of amides is 1. The molecular formula is C15H23BN4O7S. The van der Waals surface area contributed by atoms with Crippen molar-refractivity contribution in [1.82, 2.24) is 10.3 Å². The Kier molecular flexibility index (Phi) is 7.35. The van der Waals surface area contributed by atoms with Crippen LogP contribution in [-0.2, 0) is 19.1 Å². The second kappa shape index (κ2) is 9.32. The van der Waals surface area contributed by atoms with E-state index in [1.165, 1.54) is 5.38 Å². The number of thiazole rings is 1. The fourth-order valence-corrected chi connectivity index (χ4v) is 2.94. The van der Waals surface area contributed by atoms with Gasteiger partial charge in [-0.3, -0.25) is 9.59 Å². The first-order valence-electron chi connectivity index (χ1n) is 8.56. The number of rotatable bonds is 8. The van der Waals surface area contributed by atoms with Gasteiger partial charge < -0.3 is 35.8 Å². The van der Waals surface area contributed by atoms with Crippen LogP contribution in [-0.4, -0.2) is 69.2 Å². The zero-order valence-electron chi connectivity index (χ0n) is 15.5. The predicted molar refractivity (Wildman–Crippen MR) is 102 cm³/mol. The quantitative estimate of drug-likeness (QED) is 0.211. The number of aromatic nitrogens is 1. The van der Waals surface area contributed by atoms with Gasteiger partial charge in [0.1, 0.15) is 5.69 Å². The highest BCUT2D eigenvalue weighted by molar-refractivity contribution is 7.13. The van der Waals surface area contributed by atoms with Crippen molar-refractivity contribution in [3.8, 4) is 0 Å². The van der Waals surface area contributed by atoms with Gasteiger partial charge in [0.15, 0.2) is 16.4 Å². The van der Waals surface area contributed by atoms with Crippen LogP contribution < -0.4 is 11.1 Å². The van der Waals surface area contributed by atoms with Crippen LogP contribution in [0.4, 0.5) is 5.13 Å². The molecule has 0 unspecified atom stereocenters. The Bertz CT molecular complexity index is 742. The van der Waals surface area contributed by atoms with E-state index in [-0.39, 0.29) is 29.6 Å². The highest BCUT2D eigenvalue weighted by atomic mass is 32.1. The second-order valence-electron chi connectivity index (χ2n) is 6.92. The van der Waals surface area contributed by atoms with E-state index >= 15 is 0 Å². The second-order valence-corrected chi connectivity index (χ2v) is 7.81. The minimum absolute atomic E-state index is 0.172. The summed E-state index contributed by atoms with van der Waals surface area (Å²) in [7, 11) is -1.36. The van der Waals surface area contributed by atoms with Crippen LogP contribution in [0.2, 0.25) is 0 Å². The molecule has 6 N–H and O–H groups in total. The number of hydrogen-bond acceptors (Lipinski definition) is 10. The Labute approximate surface area is 165 Å². The van der Waals surface area contributed by atoms with Crippen LogP contribution in [0.1, 0.15) is 38.8 Å². The summed E-state index contributed by atoms with van der Waals surface area (Å²) in [6.07, 6.45) is -0.174. The highest BCUT2D eigenvalue weighted by Gasteiger charge is 2.37. The first kappa shape index (κ1) is 22.1. The van der Waals surface area contributed by atoms with Gasteiger partial charge >= 0.3 is 13.1 Å². The van der Waals surface area contributed by atoms with Gasteiger partial charge in [0.25, 0.3) is 5.91 Å². The Morgan fingerprint density at radius 2 is 2.25 bits per heavy atom. The molecule has 1 fully saturated rings. The Balaban J connectivity index is 2.10. The van der Waals surface area contributed by atoms with Crippen molar-refractivity contribution in [2.45, 2.75) is 50.8 Å². The molecule has 0 spiro atoms. The standard InChI is InChI=1S/C15H23BN4O7S/c1-15(2,7-21)27-20-12(9-6-28-14(17)18-9)13(24)19-10-4-3-8(5-11(22)23)26-16(10)25/h6,8,10,21,25H,3-5,7H2,1-2H3,(H2,17,18)(H,19,24)(H,22,23)/b20-12-/t8-,10-/m0/s1. The van der Waals surface area contributed by atoms with E-state index in [9.17, 15) is 19.7 Å². The smallest absolute Gasteiger partial charge is 0.478 e. The van der Waals surface area contributed by atoms with Crippen molar-refractivity contribution in [2.24, 2.45) is 5.16 Å². The van der Waals surface area contributed by atoms with Gasteiger partial charge in [0, 0.05) is 5.38 Å². The van der Waals surface area contributed by atoms with Crippen molar-refractivity contribution in [3.05, 3.63) is 11.1 Å². The lowest BCUT2D eigenvalue weighted by Crippen LogP contribution is -2.54. The molecule has 11 nitrogen and oxygen atoms in total. The summed E-state index contributed by atoms with van der Waals surface area (Å²) < 4.78 is 5.25. The Morgan fingerprint density at radius 1 is 1.54 bits per heavy atom. The van der Waals surface area contributed by atoms with Crippen LogP contribution >= 0.6 is 11.3 Å². The van der Waals surface area contributed by atoms with Gasteiger partial charge in [-0.15, -0.1) is 11.3 Å². The fraction of sp³-hybridized carbons (Fsp3) is 0.600. The van der Waals surface area contributed by atoms with E-state index in [4.69, 9.17) is 20.3 Å². The average molecular weight is 414 g/mol. The number of aliphatic hydroxyl groups excluding tert-OH is 1. The number of hydrogen-bond donors (Lipinski definition) is 5. The van der Waals surface area contributed by atoms with E-state index in [0.29, 0.717) is 12.8 Å². The molecule has 2 heterocycles. The molecule has 0 radical (unpaired) electrons. The molecule has 0 bridgehead atoms. The summed E-state index contributed by atoms with van der Waals surface area (Å²) in [5, 5.41) is 36.4. The molecule has 1 amide bonds. The molecule has 2 atom stereocenters. The summed E-state index contributed by atoms with van der Waals surface area (Å²) >= 11 is 1.11. The number of carbonyl (C=O) groups is 2. The van der Waals surface area contributed by atoms with Crippen LogP contribution in [0.5, 0.6) is 0 Å². The van der Waals surface area contributed by atoms with Gasteiger partial charge in [-0.25, -0.2) is 4.98 Å². The number of carboxylic acid groups (broad SMARTS) is 1. The molecule has 1 aromatic heterocycles. The normalized spacial score (nSPS) is 20.7. The fourth-order valence-electron chi connectivity index (χ4n) is 2.39. The van der Waals surface area contributed by atoms with Crippen LogP contribution in [0.25, 0.3) is 0 Å². The number of nitrogens with one attached hydrogen (secondary N) is 1. The van der Waals surface area contributed by atoms with Crippen LogP contribution in [0, 0.1) is 0 Å². The minimum atomic E-state index is -1.36. The van der Waals surface area contributed by atoms with Crippen molar-refractivity contribution in [1.29, 1.82) is 0 Å². The third-order valence-corrected chi connectivity index (χ3v) is 4.61. The van der Waals surface area contributed by atoms with Crippen LogP contribution in [0.15, 0.2) is 10.5 Å². The molecular weight excluding hydrogens is 391 g/mol. The molecule has 0 aromatic carbocycles. The van der Waals surface area contributed by atoms with E-state index in [1.54, 1.807) is 13.8 Å². The molecule has 13 heteroatoms. The number of anilines is 1. The summed E-state index contributed by atoms with van der Waals surface area (Å²) in [6, 6.07) is 0. The van der Waals surface area contributed by atoms with E-state index < -0.39 is 36.6 Å². The topological polar surface area (TPSA) is 177 Å². The third kappa shape index (κ3) is 6.16. The molecule has 0 saturated carbocycles. The van der Waals surface area contributed by atoms with E-state index in [0.717, 1.165) is 11.3 Å². The van der Waals surface area contributed by atoms with Gasteiger partial charge in [-0.05, 0) is 26.7 Å². The molecule has 1 aliphatic rings. The number of aliphatic carboxylic acids is 1. The molecule has 0 aliphatic carbocycles. The summed E-state index contributed by atoms with van der Waals surface area (Å²) in [4.78, 5) is 32.7. The number of oxime groups is 1. The highest BCUT2D eigenvalue weighted by Crippen LogP contribution is 2.19. The lowest BCUT2D eigenvalue weighted by atomic mass is 9.72. The Morgan fingerprint density at radius 3 is 2.79 bits per heavy atom. The van der Waals surface area contributed by atoms with Crippen LogP contribution in [0.3, 0.4) is 0 Å². The number of carboxylic acids is 1. The predicted octanol–water partition coefficient (Wildman–Crippen LogP) is -0.625. The lowest BCUT2D eigenvalue weighted by molar-refractivity contribution is -0.139. The number of nitrogen functional groups attached to an aromatic ring is 1. The van der Waals surface area contributed by atoms with E-state index in [2.05, 4.69) is 15.5 Å². The first-order chi connectivity index (χ1) is 13.1. The summed E-state index contributed by atoms with van der Waals surface area (Å²) in [5.74, 6) is -2.47. The number of carbonyl (C=O) groups excluding carboxylic acids is 1. The SMILES string of the molecule is CC(C)(CO)O/N=C(\C(=O)N[C@H]1CC[C@@H](CC(=O)O)OB1O)c1csc(N)n1. The molecule has 1 saturated heterocycles. The van der Waals surface area contributed by atoms with Gasteiger partial charge in [0.05, 0.1) is 25.1 Å². The van der Waals surface area contributed by atoms with Gasteiger partial charge in [0.2, 0.25) is 0 Å². The number of nitrogens with two attached hydrogens (primary N) is 1. The maximum Gasteiger partial charge on any atom is 0.478 e. The molecule has 1 aliphatic heterocycles. The van der Waals surface area contributed by atoms with Crippen molar-refractivity contribution in [2.75, 3.05) is 12.3 Å². The summed E-state index contributed by atoms with van der Waals surface area (Å²) in [6.45, 7) is 2.84. The van der Waals surface area contributed by atoms with E-state index in [1.807, 2.05) is 0 Å². The molecule has 1 aromatic rings. The summed E-state index contributed by atoms with van der Waals surface area (Å²) in [5.41, 5.74) is 4.61. The molecule has 154 valence electrons. The maximum atomic E-state index is 12.7. The monoisotopic (exact) mass is 414 g/mol. The van der Waals surface area contributed by atoms with Crippen molar-refractivity contribution in [3.63, 3.8) is 0 Å². The molecule has 2 rings (SSSR count).